The second-order valence-corrected chi connectivity index (χ2v) is 8.18. The fourth-order valence-corrected chi connectivity index (χ4v) is 3.38. The number of likely N-dealkylation sites (tertiary alicyclic amines) is 1. The van der Waals surface area contributed by atoms with Crippen molar-refractivity contribution in [1.82, 2.24) is 30.1 Å². The fraction of sp³-hybridized carbons (Fsp3) is 0.600. The Bertz CT molecular complexity index is 856. The molecule has 1 unspecified atom stereocenters. The van der Waals surface area contributed by atoms with E-state index < -0.39 is 5.60 Å². The molecule has 1 amide bonds. The van der Waals surface area contributed by atoms with Crippen molar-refractivity contribution in [2.75, 3.05) is 20.1 Å². The number of aromatic nitrogens is 3. The number of hydrogen-bond acceptors (Lipinski definition) is 5. The lowest BCUT2D eigenvalue weighted by Crippen LogP contribution is -2.52. The van der Waals surface area contributed by atoms with Gasteiger partial charge >= 0.3 is 6.09 Å². The first-order valence-electron chi connectivity index (χ1n) is 10.1. The monoisotopic (exact) mass is 401 g/mol. The first-order valence-corrected chi connectivity index (χ1v) is 10.1. The lowest BCUT2D eigenvalue weighted by Gasteiger charge is -2.37. The van der Waals surface area contributed by atoms with Crippen LogP contribution >= 0.6 is 0 Å². The van der Waals surface area contributed by atoms with E-state index in [2.05, 4.69) is 25.8 Å². The van der Waals surface area contributed by atoms with Gasteiger partial charge in [-0.05, 0) is 52.2 Å². The van der Waals surface area contributed by atoms with Crippen LogP contribution in [-0.2, 0) is 11.3 Å². The molecule has 0 spiro atoms. The van der Waals surface area contributed by atoms with Gasteiger partial charge in [0.15, 0.2) is 17.4 Å². The zero-order valence-electron chi connectivity index (χ0n) is 17.7. The van der Waals surface area contributed by atoms with Crippen LogP contribution in [-0.4, -0.2) is 63.3 Å². The Morgan fingerprint density at radius 1 is 1.28 bits per heavy atom. The van der Waals surface area contributed by atoms with Gasteiger partial charge in [-0.15, -0.1) is 10.2 Å². The minimum absolute atomic E-state index is 0.0751. The number of ether oxygens (including phenoxy) is 1. The number of fused-ring (bicyclic) bond motifs is 1. The van der Waals surface area contributed by atoms with Gasteiger partial charge in [0.25, 0.3) is 0 Å². The quantitative estimate of drug-likeness (QED) is 0.602. The Labute approximate surface area is 171 Å². The predicted octanol–water partition coefficient (Wildman–Crippen LogP) is 2.18. The molecule has 1 aliphatic rings. The Hall–Kier alpha value is -2.84. The van der Waals surface area contributed by atoms with Crippen LogP contribution in [0, 0.1) is 0 Å². The molecule has 1 saturated heterocycles. The molecule has 9 heteroatoms. The fourth-order valence-electron chi connectivity index (χ4n) is 3.38. The topological polar surface area (TPSA) is 96.1 Å². The maximum absolute atomic E-state index is 12.6. The molecule has 1 fully saturated rings. The summed E-state index contributed by atoms with van der Waals surface area (Å²) in [7, 11) is 1.73. The summed E-state index contributed by atoms with van der Waals surface area (Å²) in [5.41, 5.74) is 0.313. The van der Waals surface area contributed by atoms with Crippen molar-refractivity contribution >= 4 is 17.7 Å². The van der Waals surface area contributed by atoms with E-state index in [1.165, 1.54) is 0 Å². The average Bonchev–Trinajstić information content (AvgIpc) is 3.10. The molecule has 0 aromatic carbocycles. The molecule has 3 heterocycles. The first-order chi connectivity index (χ1) is 13.9. The minimum atomic E-state index is -0.495. The van der Waals surface area contributed by atoms with E-state index in [0.29, 0.717) is 19.0 Å². The van der Waals surface area contributed by atoms with Gasteiger partial charge < -0.3 is 20.3 Å². The number of carbonyl (C=O) groups is 1. The smallest absolute Gasteiger partial charge is 0.410 e. The maximum atomic E-state index is 12.6. The van der Waals surface area contributed by atoms with E-state index in [-0.39, 0.29) is 12.1 Å². The standard InChI is InChI=1S/C20H31N7O2/c1-20(2,3)29-19(28)26-11-7-5-9-15(26)13-22-18(21-4)23-14-17-25-24-16-10-6-8-12-27(16)17/h6,8,10,12,15H,5,7,9,11,13-14H2,1-4H3,(H2,21,22,23). The lowest BCUT2D eigenvalue weighted by molar-refractivity contribution is 0.0104. The van der Waals surface area contributed by atoms with Gasteiger partial charge in [0.1, 0.15) is 5.60 Å². The molecule has 2 N–H and O–H groups in total. The van der Waals surface area contributed by atoms with Crippen LogP contribution in [0.15, 0.2) is 29.4 Å². The molecular weight excluding hydrogens is 370 g/mol. The highest BCUT2D eigenvalue weighted by Gasteiger charge is 2.30. The van der Waals surface area contributed by atoms with Crippen molar-refractivity contribution in [3.05, 3.63) is 30.2 Å². The zero-order valence-corrected chi connectivity index (χ0v) is 17.7. The molecule has 0 saturated carbocycles. The van der Waals surface area contributed by atoms with Crippen molar-refractivity contribution in [1.29, 1.82) is 0 Å². The van der Waals surface area contributed by atoms with Crippen LogP contribution in [0.4, 0.5) is 4.79 Å². The SMILES string of the molecule is CN=C(NCc1nnc2ccccn12)NCC1CCCCN1C(=O)OC(C)(C)C. The molecule has 0 radical (unpaired) electrons. The van der Waals surface area contributed by atoms with Gasteiger partial charge in [0.2, 0.25) is 0 Å². The molecule has 2 aromatic rings. The van der Waals surface area contributed by atoms with Gasteiger partial charge in [-0.3, -0.25) is 9.39 Å². The number of carbonyl (C=O) groups excluding carboxylic acids is 1. The number of hydrogen-bond donors (Lipinski definition) is 2. The van der Waals surface area contributed by atoms with Crippen LogP contribution in [0.25, 0.3) is 5.65 Å². The van der Waals surface area contributed by atoms with E-state index in [0.717, 1.165) is 37.3 Å². The Balaban J connectivity index is 1.55. The van der Waals surface area contributed by atoms with Crippen molar-refractivity contribution in [3.8, 4) is 0 Å². The number of guanidine groups is 1. The third-order valence-electron chi connectivity index (χ3n) is 4.78. The largest absolute Gasteiger partial charge is 0.444 e. The lowest BCUT2D eigenvalue weighted by atomic mass is 10.0. The van der Waals surface area contributed by atoms with Crippen molar-refractivity contribution in [2.45, 2.75) is 58.2 Å². The predicted molar refractivity (Wildman–Crippen MR) is 112 cm³/mol. The van der Waals surface area contributed by atoms with Crippen LogP contribution in [0.3, 0.4) is 0 Å². The summed E-state index contributed by atoms with van der Waals surface area (Å²) in [4.78, 5) is 18.7. The van der Waals surface area contributed by atoms with Gasteiger partial charge in [-0.1, -0.05) is 6.07 Å². The number of piperidine rings is 1. The molecule has 2 aromatic heterocycles. The normalized spacial score (nSPS) is 18.0. The van der Waals surface area contributed by atoms with Gasteiger partial charge in [0, 0.05) is 26.3 Å². The summed E-state index contributed by atoms with van der Waals surface area (Å²) in [6.07, 6.45) is 4.73. The Morgan fingerprint density at radius 2 is 2.10 bits per heavy atom. The van der Waals surface area contributed by atoms with Gasteiger partial charge in [-0.25, -0.2) is 4.79 Å². The molecule has 1 aliphatic heterocycles. The van der Waals surface area contributed by atoms with E-state index in [4.69, 9.17) is 4.74 Å². The maximum Gasteiger partial charge on any atom is 0.410 e. The Morgan fingerprint density at radius 3 is 2.86 bits per heavy atom. The van der Waals surface area contributed by atoms with Crippen molar-refractivity contribution in [3.63, 3.8) is 0 Å². The highest BCUT2D eigenvalue weighted by atomic mass is 16.6. The highest BCUT2D eigenvalue weighted by Crippen LogP contribution is 2.20. The zero-order chi connectivity index (χ0) is 20.9. The molecule has 0 aliphatic carbocycles. The van der Waals surface area contributed by atoms with Crippen molar-refractivity contribution < 1.29 is 9.53 Å². The molecule has 9 nitrogen and oxygen atoms in total. The van der Waals surface area contributed by atoms with Crippen molar-refractivity contribution in [2.24, 2.45) is 4.99 Å². The summed E-state index contributed by atoms with van der Waals surface area (Å²) >= 11 is 0. The second kappa shape index (κ2) is 9.11. The van der Waals surface area contributed by atoms with Gasteiger partial charge in [-0.2, -0.15) is 0 Å². The number of nitrogens with one attached hydrogen (secondary N) is 2. The highest BCUT2D eigenvalue weighted by molar-refractivity contribution is 5.79. The Kier molecular flexibility index (Phi) is 6.56. The summed E-state index contributed by atoms with van der Waals surface area (Å²) in [5.74, 6) is 1.46. The van der Waals surface area contributed by atoms with Crippen LogP contribution < -0.4 is 10.6 Å². The van der Waals surface area contributed by atoms with Crippen LogP contribution in [0.5, 0.6) is 0 Å². The first kappa shape index (κ1) is 20.9. The third-order valence-corrected chi connectivity index (χ3v) is 4.78. The second-order valence-electron chi connectivity index (χ2n) is 8.18. The van der Waals surface area contributed by atoms with Gasteiger partial charge in [0.05, 0.1) is 12.6 Å². The third kappa shape index (κ3) is 5.58. The molecular formula is C20H31N7O2. The number of pyridine rings is 1. The van der Waals surface area contributed by atoms with Crippen LogP contribution in [0.1, 0.15) is 45.9 Å². The summed E-state index contributed by atoms with van der Waals surface area (Å²) in [6.45, 7) is 7.50. The summed E-state index contributed by atoms with van der Waals surface area (Å²) < 4.78 is 7.51. The molecule has 0 bridgehead atoms. The minimum Gasteiger partial charge on any atom is -0.444 e. The van der Waals surface area contributed by atoms with Crippen LogP contribution in [0.2, 0.25) is 0 Å². The molecule has 158 valence electrons. The summed E-state index contributed by atoms with van der Waals surface area (Å²) in [5, 5.41) is 15.0. The molecule has 1 atom stereocenters. The van der Waals surface area contributed by atoms with E-state index in [9.17, 15) is 4.79 Å². The number of amides is 1. The molecule has 29 heavy (non-hydrogen) atoms. The van der Waals surface area contributed by atoms with E-state index >= 15 is 0 Å². The average molecular weight is 402 g/mol. The summed E-state index contributed by atoms with van der Waals surface area (Å²) in [6, 6.07) is 5.87. The number of nitrogens with zero attached hydrogens (tertiary/aromatic N) is 5. The molecule has 3 rings (SSSR count). The number of rotatable bonds is 4. The number of aliphatic imine (C=N–C) groups is 1. The van der Waals surface area contributed by atoms with E-state index in [1.807, 2.05) is 54.5 Å². The van der Waals surface area contributed by atoms with E-state index in [1.54, 1.807) is 7.05 Å².